The van der Waals surface area contributed by atoms with Crippen molar-refractivity contribution >= 4 is 5.91 Å². The molecule has 14 heteroatoms. The molecule has 2 heterocycles. The number of nitrogens with one attached hydrogen (secondary N) is 1. The normalized spacial score (nSPS) is 25.6. The van der Waals surface area contributed by atoms with E-state index >= 15 is 0 Å². The Balaban J connectivity index is 1.60. The van der Waals surface area contributed by atoms with Gasteiger partial charge < -0.3 is 65.1 Å². The standard InChI is InChI=1S/C59H109NO13/c1-3-5-7-9-11-13-14-15-16-17-18-19-20-21-22-23-24-25-26-27-28-29-30-31-32-33-34-35-37-39-41-43-51(64)60-47(48(63)42-40-38-36-12-10-8-6-4-2)46-70-58-56(69)54(67)57(50(45-62)72-58)73-59-55(68)53(66)52(65)49(44-61)71-59/h10,12,17-18,40,42,47-50,52-59,61-63,65-69H,3-9,11,13-16,19-39,41,43-46H2,1-2H3,(H,60,64)/b12-10+,18-17-,42-40+. The summed E-state index contributed by atoms with van der Waals surface area (Å²) in [4.78, 5) is 13.2. The fraction of sp³-hybridized carbons (Fsp3) is 0.881. The Morgan fingerprint density at radius 3 is 1.38 bits per heavy atom. The Morgan fingerprint density at radius 1 is 0.479 bits per heavy atom. The number of amides is 1. The van der Waals surface area contributed by atoms with Gasteiger partial charge in [0.15, 0.2) is 12.6 Å². The maximum atomic E-state index is 13.2. The van der Waals surface area contributed by atoms with Crippen molar-refractivity contribution in [1.29, 1.82) is 0 Å². The molecule has 14 nitrogen and oxygen atoms in total. The Hall–Kier alpha value is -1.79. The number of carbonyl (C=O) groups excluding carboxylic acids is 1. The number of carbonyl (C=O) groups is 1. The van der Waals surface area contributed by atoms with E-state index in [4.69, 9.17) is 18.9 Å². The maximum absolute atomic E-state index is 13.2. The minimum Gasteiger partial charge on any atom is -0.394 e. The van der Waals surface area contributed by atoms with Crippen molar-refractivity contribution in [1.82, 2.24) is 5.32 Å². The van der Waals surface area contributed by atoms with Crippen LogP contribution in [0.25, 0.3) is 0 Å². The van der Waals surface area contributed by atoms with Crippen LogP contribution in [0.4, 0.5) is 0 Å². The zero-order valence-electron chi connectivity index (χ0n) is 45.9. The van der Waals surface area contributed by atoms with Crippen molar-refractivity contribution in [3.8, 4) is 0 Å². The molecule has 0 aromatic carbocycles. The van der Waals surface area contributed by atoms with E-state index in [1.807, 2.05) is 6.08 Å². The van der Waals surface area contributed by atoms with E-state index in [2.05, 4.69) is 43.5 Å². The molecule has 2 rings (SSSR count). The number of aliphatic hydroxyl groups is 8. The molecule has 1 amide bonds. The molecule has 0 aromatic heterocycles. The predicted molar refractivity (Wildman–Crippen MR) is 291 cm³/mol. The van der Waals surface area contributed by atoms with Gasteiger partial charge in [0.25, 0.3) is 0 Å². The average Bonchev–Trinajstić information content (AvgIpc) is 3.39. The van der Waals surface area contributed by atoms with Crippen molar-refractivity contribution in [3.05, 3.63) is 36.5 Å². The molecule has 2 fully saturated rings. The molecule has 2 aliphatic rings. The van der Waals surface area contributed by atoms with E-state index in [1.165, 1.54) is 161 Å². The van der Waals surface area contributed by atoms with Gasteiger partial charge in [0.1, 0.15) is 48.8 Å². The summed E-state index contributed by atoms with van der Waals surface area (Å²) in [5, 5.41) is 86.6. The third kappa shape index (κ3) is 31.3. The molecule has 428 valence electrons. The highest BCUT2D eigenvalue weighted by Gasteiger charge is 2.51. The first kappa shape index (κ1) is 67.3. The van der Waals surface area contributed by atoms with Crippen molar-refractivity contribution < 1.29 is 64.6 Å². The zero-order valence-corrected chi connectivity index (χ0v) is 45.9. The van der Waals surface area contributed by atoms with Gasteiger partial charge in [-0.25, -0.2) is 0 Å². The Bertz CT molecular complexity index is 1370. The molecule has 73 heavy (non-hydrogen) atoms. The van der Waals surface area contributed by atoms with E-state index in [9.17, 15) is 45.6 Å². The van der Waals surface area contributed by atoms with Crippen LogP contribution in [-0.2, 0) is 23.7 Å². The number of unbranched alkanes of at least 4 members (excludes halogenated alkanes) is 30. The third-order valence-corrected chi connectivity index (χ3v) is 14.5. The lowest BCUT2D eigenvalue weighted by atomic mass is 9.97. The largest absolute Gasteiger partial charge is 0.394 e. The van der Waals surface area contributed by atoms with Crippen LogP contribution in [0.1, 0.15) is 239 Å². The van der Waals surface area contributed by atoms with Gasteiger partial charge in [0.05, 0.1) is 32.0 Å². The number of aliphatic hydroxyl groups excluding tert-OH is 8. The number of rotatable bonds is 47. The lowest BCUT2D eigenvalue weighted by molar-refractivity contribution is -0.359. The molecule has 0 saturated carbocycles. The highest BCUT2D eigenvalue weighted by Crippen LogP contribution is 2.30. The lowest BCUT2D eigenvalue weighted by Gasteiger charge is -2.46. The van der Waals surface area contributed by atoms with E-state index in [0.29, 0.717) is 12.8 Å². The Morgan fingerprint density at radius 2 is 0.890 bits per heavy atom. The second-order valence-corrected chi connectivity index (χ2v) is 21.1. The third-order valence-electron chi connectivity index (χ3n) is 14.5. The fourth-order valence-corrected chi connectivity index (χ4v) is 9.70. The quantitative estimate of drug-likeness (QED) is 0.0205. The predicted octanol–water partition coefficient (Wildman–Crippen LogP) is 9.83. The first-order valence-electron chi connectivity index (χ1n) is 29.7. The zero-order chi connectivity index (χ0) is 53.2. The number of ether oxygens (including phenoxy) is 4. The molecule has 0 aliphatic carbocycles. The summed E-state index contributed by atoms with van der Waals surface area (Å²) in [6, 6.07) is -0.927. The van der Waals surface area contributed by atoms with Crippen LogP contribution in [-0.4, -0.2) is 140 Å². The van der Waals surface area contributed by atoms with Crippen molar-refractivity contribution in [2.24, 2.45) is 0 Å². The van der Waals surface area contributed by atoms with Crippen LogP contribution in [0.5, 0.6) is 0 Å². The van der Waals surface area contributed by atoms with E-state index in [0.717, 1.165) is 44.9 Å². The molecule has 0 radical (unpaired) electrons. The molecule has 12 unspecified atom stereocenters. The van der Waals surface area contributed by atoms with E-state index in [1.54, 1.807) is 6.08 Å². The molecule has 9 N–H and O–H groups in total. The van der Waals surface area contributed by atoms with Crippen molar-refractivity contribution in [3.63, 3.8) is 0 Å². The van der Waals surface area contributed by atoms with Gasteiger partial charge >= 0.3 is 0 Å². The summed E-state index contributed by atoms with van der Waals surface area (Å²) in [7, 11) is 0. The smallest absolute Gasteiger partial charge is 0.220 e. The van der Waals surface area contributed by atoms with Crippen molar-refractivity contribution in [2.45, 2.75) is 312 Å². The summed E-state index contributed by atoms with van der Waals surface area (Å²) in [6.07, 6.45) is 38.2. The molecular formula is C59H109NO13. The summed E-state index contributed by atoms with van der Waals surface area (Å²) < 4.78 is 22.6. The molecule has 0 spiro atoms. The van der Waals surface area contributed by atoms with Crippen LogP contribution in [0.3, 0.4) is 0 Å². The second kappa shape index (κ2) is 45.3. The number of hydrogen-bond donors (Lipinski definition) is 9. The van der Waals surface area contributed by atoms with Gasteiger partial charge in [-0.05, 0) is 51.4 Å². The van der Waals surface area contributed by atoms with Gasteiger partial charge in [0.2, 0.25) is 5.91 Å². The Labute approximate surface area is 442 Å². The first-order chi connectivity index (χ1) is 35.6. The Kier molecular flexibility index (Phi) is 41.7. The van der Waals surface area contributed by atoms with Crippen LogP contribution in [0, 0.1) is 0 Å². The molecular weight excluding hydrogens is 931 g/mol. The number of hydrogen-bond acceptors (Lipinski definition) is 13. The van der Waals surface area contributed by atoms with Gasteiger partial charge in [-0.1, -0.05) is 217 Å². The average molecular weight is 1040 g/mol. The summed E-state index contributed by atoms with van der Waals surface area (Å²) in [5.41, 5.74) is 0. The van der Waals surface area contributed by atoms with Crippen LogP contribution >= 0.6 is 0 Å². The van der Waals surface area contributed by atoms with E-state index in [-0.39, 0.29) is 18.9 Å². The first-order valence-corrected chi connectivity index (χ1v) is 29.7. The van der Waals surface area contributed by atoms with Crippen LogP contribution in [0.2, 0.25) is 0 Å². The monoisotopic (exact) mass is 1040 g/mol. The lowest BCUT2D eigenvalue weighted by Crippen LogP contribution is -2.65. The molecule has 12 atom stereocenters. The van der Waals surface area contributed by atoms with Crippen LogP contribution < -0.4 is 5.32 Å². The summed E-state index contributed by atoms with van der Waals surface area (Å²) >= 11 is 0. The second-order valence-electron chi connectivity index (χ2n) is 21.1. The molecule has 0 bridgehead atoms. The minimum absolute atomic E-state index is 0.250. The van der Waals surface area contributed by atoms with Gasteiger partial charge in [-0.2, -0.15) is 0 Å². The topological polar surface area (TPSA) is 228 Å². The molecule has 2 aliphatic heterocycles. The van der Waals surface area contributed by atoms with Gasteiger partial charge in [-0.3, -0.25) is 4.79 Å². The van der Waals surface area contributed by atoms with E-state index < -0.39 is 86.8 Å². The van der Waals surface area contributed by atoms with Crippen LogP contribution in [0.15, 0.2) is 36.5 Å². The van der Waals surface area contributed by atoms with Gasteiger partial charge in [-0.15, -0.1) is 0 Å². The maximum Gasteiger partial charge on any atom is 0.220 e. The van der Waals surface area contributed by atoms with Crippen molar-refractivity contribution in [2.75, 3.05) is 19.8 Å². The molecule has 0 aromatic rings. The SMILES string of the molecule is CCCC/C=C/CC/C=C/C(O)C(COC1OC(CO)C(OC2OC(CO)C(O)C(O)C2O)C(O)C1O)NC(=O)CCCCCCCCCCCCCCCCCCCCC/C=C\CCCCCCCCCC. The highest BCUT2D eigenvalue weighted by atomic mass is 16.7. The summed E-state index contributed by atoms with van der Waals surface area (Å²) in [5.74, 6) is -0.250. The van der Waals surface area contributed by atoms with Gasteiger partial charge in [0, 0.05) is 6.42 Å². The minimum atomic E-state index is -1.79. The summed E-state index contributed by atoms with van der Waals surface area (Å²) in [6.45, 7) is 2.70. The number of allylic oxidation sites excluding steroid dienone is 5. The highest BCUT2D eigenvalue weighted by molar-refractivity contribution is 5.76. The molecule has 2 saturated heterocycles. The fourth-order valence-electron chi connectivity index (χ4n) is 9.70.